The molecule has 1 aromatic carbocycles. The van der Waals surface area contributed by atoms with E-state index in [-0.39, 0.29) is 17.6 Å². The zero-order valence-electron chi connectivity index (χ0n) is 9.92. The van der Waals surface area contributed by atoms with Crippen LogP contribution in [0.3, 0.4) is 0 Å². The number of amides is 1. The Labute approximate surface area is 108 Å². The number of nitrogens with zero attached hydrogens (tertiary/aromatic N) is 2. The van der Waals surface area contributed by atoms with E-state index >= 15 is 0 Å². The fourth-order valence-electron chi connectivity index (χ4n) is 1.67. The van der Waals surface area contributed by atoms with Crippen molar-refractivity contribution in [1.82, 2.24) is 4.98 Å². The van der Waals surface area contributed by atoms with Gasteiger partial charge in [-0.15, -0.1) is 0 Å². The molecule has 0 aliphatic rings. The topological polar surface area (TPSA) is 162 Å². The van der Waals surface area contributed by atoms with Crippen LogP contribution in [0.1, 0.15) is 10.5 Å². The predicted octanol–water partition coefficient (Wildman–Crippen LogP) is -0.514. The summed E-state index contributed by atoms with van der Waals surface area (Å²) in [6.07, 6.45) is 0. The molecule has 0 aliphatic carbocycles. The smallest absolute Gasteiger partial charge is 0.296 e. The molecule has 0 fully saturated rings. The van der Waals surface area contributed by atoms with Crippen LogP contribution in [0, 0.1) is 0 Å². The molecule has 0 bridgehead atoms. The molecule has 8 nitrogen and oxygen atoms in total. The molecule has 8 heteroatoms. The number of hydrogen-bond donors (Lipinski definition) is 5. The molecule has 0 saturated carbocycles. The second-order valence-corrected chi connectivity index (χ2v) is 3.80. The third-order valence-electron chi connectivity index (χ3n) is 2.34. The fraction of sp³-hybridized carbons (Fsp3) is 0. The molecule has 19 heavy (non-hydrogen) atoms. The molecule has 1 amide bonds. The first kappa shape index (κ1) is 12.4. The lowest BCUT2D eigenvalue weighted by Gasteiger charge is -1.97. The van der Waals surface area contributed by atoms with Crippen LogP contribution in [-0.4, -0.2) is 22.8 Å². The van der Waals surface area contributed by atoms with E-state index in [9.17, 15) is 4.79 Å². The second-order valence-electron chi connectivity index (χ2n) is 3.80. The Bertz CT molecular complexity index is 690. The van der Waals surface area contributed by atoms with Gasteiger partial charge in [0.2, 0.25) is 0 Å². The number of hydrogen-bond acceptors (Lipinski definition) is 2. The minimum absolute atomic E-state index is 0.0702. The van der Waals surface area contributed by atoms with Gasteiger partial charge in [-0.25, -0.2) is 4.99 Å². The number of aromatic amines is 1. The summed E-state index contributed by atoms with van der Waals surface area (Å²) < 4.78 is 0. The number of aliphatic imine (C=N–C) groups is 2. The predicted molar refractivity (Wildman–Crippen MR) is 73.9 cm³/mol. The van der Waals surface area contributed by atoms with Gasteiger partial charge >= 0.3 is 0 Å². The zero-order valence-corrected chi connectivity index (χ0v) is 9.92. The standard InChI is InChI=1S/C11H13N7O/c12-10(13)17-6-3-1-2-5-4-7(16-8(5)6)9(19)18-11(14)15/h1-4,16H,(H4,12,13,17)(H4,14,15,18,19). The second kappa shape index (κ2) is 4.69. The number of nitrogens with two attached hydrogens (primary N) is 4. The van der Waals surface area contributed by atoms with Crippen molar-refractivity contribution in [2.75, 3.05) is 0 Å². The lowest BCUT2D eigenvalue weighted by molar-refractivity contribution is 0.0999. The number of nitrogens with one attached hydrogen (secondary N) is 1. The van der Waals surface area contributed by atoms with Crippen molar-refractivity contribution in [2.45, 2.75) is 0 Å². The molecule has 0 radical (unpaired) electrons. The molecule has 9 N–H and O–H groups in total. The summed E-state index contributed by atoms with van der Waals surface area (Å²) >= 11 is 0. The van der Waals surface area contributed by atoms with Crippen molar-refractivity contribution in [2.24, 2.45) is 32.9 Å². The minimum Gasteiger partial charge on any atom is -0.370 e. The summed E-state index contributed by atoms with van der Waals surface area (Å²) in [5.74, 6) is -0.931. The highest BCUT2D eigenvalue weighted by molar-refractivity contribution is 6.05. The highest BCUT2D eigenvalue weighted by Crippen LogP contribution is 2.26. The van der Waals surface area contributed by atoms with Gasteiger partial charge in [0, 0.05) is 5.39 Å². The third-order valence-corrected chi connectivity index (χ3v) is 2.34. The summed E-state index contributed by atoms with van der Waals surface area (Å²) in [5, 5.41) is 0.775. The van der Waals surface area contributed by atoms with Crippen LogP contribution in [0.5, 0.6) is 0 Å². The molecule has 1 heterocycles. The molecule has 0 saturated heterocycles. The number of H-pyrrole nitrogens is 1. The minimum atomic E-state index is -0.563. The number of carbonyl (C=O) groups excluding carboxylic acids is 1. The average Bonchev–Trinajstić information content (AvgIpc) is 2.72. The Hall–Kier alpha value is -3.03. The highest BCUT2D eigenvalue weighted by Gasteiger charge is 2.11. The van der Waals surface area contributed by atoms with Crippen molar-refractivity contribution in [3.63, 3.8) is 0 Å². The van der Waals surface area contributed by atoms with E-state index in [1.165, 1.54) is 0 Å². The number of guanidine groups is 2. The van der Waals surface area contributed by atoms with Gasteiger partial charge in [0.05, 0.1) is 11.2 Å². The zero-order chi connectivity index (χ0) is 14.0. The van der Waals surface area contributed by atoms with Gasteiger partial charge < -0.3 is 27.9 Å². The first-order valence-electron chi connectivity index (χ1n) is 5.32. The van der Waals surface area contributed by atoms with E-state index < -0.39 is 5.91 Å². The molecular weight excluding hydrogens is 246 g/mol. The molecule has 0 unspecified atom stereocenters. The van der Waals surface area contributed by atoms with Gasteiger partial charge in [0.15, 0.2) is 11.9 Å². The first-order chi connectivity index (χ1) is 8.97. The van der Waals surface area contributed by atoms with E-state index in [2.05, 4.69) is 15.0 Å². The summed E-state index contributed by atoms with van der Waals surface area (Å²) in [6.45, 7) is 0. The van der Waals surface area contributed by atoms with E-state index in [4.69, 9.17) is 22.9 Å². The van der Waals surface area contributed by atoms with Crippen molar-refractivity contribution in [1.29, 1.82) is 0 Å². The van der Waals surface area contributed by atoms with Crippen molar-refractivity contribution >= 4 is 34.4 Å². The lowest BCUT2D eigenvalue weighted by Crippen LogP contribution is -2.24. The normalized spacial score (nSPS) is 10.1. The summed E-state index contributed by atoms with van der Waals surface area (Å²) in [7, 11) is 0. The molecule has 1 aromatic heterocycles. The Balaban J connectivity index is 2.55. The molecule has 0 spiro atoms. The van der Waals surface area contributed by atoms with Gasteiger partial charge in [0.1, 0.15) is 5.69 Å². The molecule has 0 aliphatic heterocycles. The quantitative estimate of drug-likeness (QED) is 0.361. The van der Waals surface area contributed by atoms with Gasteiger partial charge in [0.25, 0.3) is 5.91 Å². The highest BCUT2D eigenvalue weighted by atomic mass is 16.1. The Morgan fingerprint density at radius 2 is 1.84 bits per heavy atom. The Kier molecular flexibility index (Phi) is 3.06. The number of carbonyl (C=O) groups is 1. The monoisotopic (exact) mass is 259 g/mol. The van der Waals surface area contributed by atoms with Crippen LogP contribution in [-0.2, 0) is 0 Å². The van der Waals surface area contributed by atoms with Crippen molar-refractivity contribution in [3.8, 4) is 0 Å². The van der Waals surface area contributed by atoms with Gasteiger partial charge in [-0.3, -0.25) is 4.79 Å². The maximum atomic E-state index is 11.7. The van der Waals surface area contributed by atoms with E-state index in [1.54, 1.807) is 18.2 Å². The molecule has 2 aromatic rings. The van der Waals surface area contributed by atoms with Gasteiger partial charge in [-0.1, -0.05) is 12.1 Å². The summed E-state index contributed by atoms with van der Waals surface area (Å²) in [4.78, 5) is 22.0. The van der Waals surface area contributed by atoms with E-state index in [0.717, 1.165) is 5.39 Å². The largest absolute Gasteiger partial charge is 0.370 e. The van der Waals surface area contributed by atoms with Crippen molar-refractivity contribution < 1.29 is 4.79 Å². The first-order valence-corrected chi connectivity index (χ1v) is 5.32. The van der Waals surface area contributed by atoms with E-state index in [0.29, 0.717) is 11.2 Å². The van der Waals surface area contributed by atoms with E-state index in [1.807, 2.05) is 6.07 Å². The van der Waals surface area contributed by atoms with Crippen LogP contribution < -0.4 is 22.9 Å². The van der Waals surface area contributed by atoms with Crippen LogP contribution in [0.2, 0.25) is 0 Å². The Morgan fingerprint density at radius 1 is 1.11 bits per heavy atom. The number of para-hydroxylation sites is 1. The molecule has 0 atom stereocenters. The number of aromatic nitrogens is 1. The lowest BCUT2D eigenvalue weighted by atomic mass is 10.2. The SMILES string of the molecule is NC(N)=NC(=O)c1cc2cccc(N=C(N)N)c2[nH]1. The third kappa shape index (κ3) is 2.63. The van der Waals surface area contributed by atoms with Gasteiger partial charge in [-0.05, 0) is 12.1 Å². The molecule has 98 valence electrons. The van der Waals surface area contributed by atoms with Crippen LogP contribution >= 0.6 is 0 Å². The number of benzene rings is 1. The Morgan fingerprint density at radius 3 is 2.47 bits per heavy atom. The van der Waals surface area contributed by atoms with Crippen molar-refractivity contribution in [3.05, 3.63) is 30.0 Å². The van der Waals surface area contributed by atoms with Gasteiger partial charge in [-0.2, -0.15) is 4.99 Å². The summed E-state index contributed by atoms with van der Waals surface area (Å²) in [5.41, 5.74) is 22.4. The maximum Gasteiger partial charge on any atom is 0.296 e. The van der Waals surface area contributed by atoms with Crippen LogP contribution in [0.4, 0.5) is 5.69 Å². The number of fused-ring (bicyclic) bond motifs is 1. The summed E-state index contributed by atoms with van der Waals surface area (Å²) in [6, 6.07) is 6.92. The average molecular weight is 259 g/mol. The number of rotatable bonds is 2. The van der Waals surface area contributed by atoms with Crippen LogP contribution in [0.25, 0.3) is 10.9 Å². The van der Waals surface area contributed by atoms with Crippen LogP contribution in [0.15, 0.2) is 34.3 Å². The molecular formula is C11H13N7O. The fourth-order valence-corrected chi connectivity index (χ4v) is 1.67. The molecule has 2 rings (SSSR count). The maximum absolute atomic E-state index is 11.7.